The fourth-order valence-corrected chi connectivity index (χ4v) is 3.17. The molecule has 0 fully saturated rings. The van der Waals surface area contributed by atoms with Crippen LogP contribution in [0, 0.1) is 12.7 Å². The molecule has 2 aromatic rings. The van der Waals surface area contributed by atoms with Gasteiger partial charge in [-0.2, -0.15) is 0 Å². The van der Waals surface area contributed by atoms with E-state index in [0.29, 0.717) is 17.6 Å². The number of rotatable bonds is 5. The van der Waals surface area contributed by atoms with Crippen LogP contribution in [0.2, 0.25) is 5.02 Å². The van der Waals surface area contributed by atoms with Crippen LogP contribution in [0.25, 0.3) is 0 Å². The summed E-state index contributed by atoms with van der Waals surface area (Å²) in [6.07, 6.45) is 0.997. The maximum atomic E-state index is 12.9. The number of hydrogen-bond acceptors (Lipinski definition) is 2. The molecule has 1 N–H and O–H groups in total. The van der Waals surface area contributed by atoms with Crippen molar-refractivity contribution in [2.24, 2.45) is 0 Å². The van der Waals surface area contributed by atoms with Gasteiger partial charge in [0.25, 0.3) is 0 Å². The second kappa shape index (κ2) is 6.51. The van der Waals surface area contributed by atoms with Crippen LogP contribution >= 0.6 is 22.9 Å². The number of halogens is 2. The molecule has 1 aromatic heterocycles. The summed E-state index contributed by atoms with van der Waals surface area (Å²) in [4.78, 5) is 2.71. The smallest absolute Gasteiger partial charge is 0.124 e. The van der Waals surface area contributed by atoms with Gasteiger partial charge in [0.15, 0.2) is 0 Å². The van der Waals surface area contributed by atoms with Crippen LogP contribution in [0.4, 0.5) is 4.39 Å². The van der Waals surface area contributed by atoms with Crippen molar-refractivity contribution in [1.82, 2.24) is 5.32 Å². The van der Waals surface area contributed by atoms with Crippen molar-refractivity contribution in [3.63, 3.8) is 0 Å². The third kappa shape index (κ3) is 4.30. The molecule has 102 valence electrons. The van der Waals surface area contributed by atoms with E-state index in [0.717, 1.165) is 12.0 Å². The van der Waals surface area contributed by atoms with Crippen LogP contribution in [0.15, 0.2) is 30.3 Å². The molecular weight excluding hydrogens is 281 g/mol. The Balaban J connectivity index is 1.87. The summed E-state index contributed by atoms with van der Waals surface area (Å²) < 4.78 is 12.9. The van der Waals surface area contributed by atoms with Crippen molar-refractivity contribution >= 4 is 22.9 Å². The minimum atomic E-state index is -0.296. The van der Waals surface area contributed by atoms with Crippen molar-refractivity contribution < 1.29 is 4.39 Å². The normalized spacial score (nSPS) is 12.6. The van der Waals surface area contributed by atoms with E-state index in [1.807, 2.05) is 11.3 Å². The van der Waals surface area contributed by atoms with Gasteiger partial charge in [-0.1, -0.05) is 17.7 Å². The highest BCUT2D eigenvalue weighted by Crippen LogP contribution is 2.19. The van der Waals surface area contributed by atoms with E-state index in [-0.39, 0.29) is 5.82 Å². The third-order valence-corrected chi connectivity index (χ3v) is 4.33. The Morgan fingerprint density at radius 3 is 2.74 bits per heavy atom. The van der Waals surface area contributed by atoms with E-state index in [1.165, 1.54) is 21.9 Å². The van der Waals surface area contributed by atoms with Crippen LogP contribution in [-0.2, 0) is 13.0 Å². The molecular formula is C15H17ClFNS. The molecule has 2 rings (SSSR count). The van der Waals surface area contributed by atoms with E-state index >= 15 is 0 Å². The van der Waals surface area contributed by atoms with E-state index in [2.05, 4.69) is 31.3 Å². The SMILES string of the molecule is Cc1ccc(CC(C)NCc2ccc(F)cc2Cl)s1. The minimum Gasteiger partial charge on any atom is -0.310 e. The first kappa shape index (κ1) is 14.5. The summed E-state index contributed by atoms with van der Waals surface area (Å²) in [5.74, 6) is -0.296. The summed E-state index contributed by atoms with van der Waals surface area (Å²) in [5.41, 5.74) is 0.928. The van der Waals surface area contributed by atoms with Crippen molar-refractivity contribution in [2.75, 3.05) is 0 Å². The molecule has 0 aliphatic carbocycles. The largest absolute Gasteiger partial charge is 0.310 e. The molecule has 4 heteroatoms. The quantitative estimate of drug-likeness (QED) is 0.852. The molecule has 1 atom stereocenters. The predicted molar refractivity (Wildman–Crippen MR) is 80.5 cm³/mol. The Kier molecular flexibility index (Phi) is 4.97. The zero-order valence-electron chi connectivity index (χ0n) is 11.0. The molecule has 0 spiro atoms. The number of aryl methyl sites for hydroxylation is 1. The number of thiophene rings is 1. The lowest BCUT2D eigenvalue weighted by atomic mass is 10.1. The highest BCUT2D eigenvalue weighted by atomic mass is 35.5. The zero-order valence-corrected chi connectivity index (χ0v) is 12.6. The summed E-state index contributed by atoms with van der Waals surface area (Å²) in [5, 5.41) is 3.90. The molecule has 19 heavy (non-hydrogen) atoms. The first-order valence-electron chi connectivity index (χ1n) is 6.27. The monoisotopic (exact) mass is 297 g/mol. The fourth-order valence-electron chi connectivity index (χ4n) is 1.92. The molecule has 0 amide bonds. The molecule has 0 aliphatic rings. The van der Waals surface area contributed by atoms with Crippen LogP contribution in [-0.4, -0.2) is 6.04 Å². The molecule has 1 heterocycles. The van der Waals surface area contributed by atoms with Gasteiger partial charge in [-0.25, -0.2) is 4.39 Å². The van der Waals surface area contributed by atoms with Crippen LogP contribution in [0.3, 0.4) is 0 Å². The molecule has 1 aromatic carbocycles. The van der Waals surface area contributed by atoms with Gasteiger partial charge in [0.1, 0.15) is 5.82 Å². The maximum Gasteiger partial charge on any atom is 0.124 e. The average Bonchev–Trinajstić information content (AvgIpc) is 2.73. The van der Waals surface area contributed by atoms with Gasteiger partial charge in [-0.15, -0.1) is 11.3 Å². The van der Waals surface area contributed by atoms with Gasteiger partial charge in [0.05, 0.1) is 0 Å². The third-order valence-electron chi connectivity index (χ3n) is 2.96. The van der Waals surface area contributed by atoms with Crippen LogP contribution < -0.4 is 5.32 Å². The summed E-state index contributed by atoms with van der Waals surface area (Å²) >= 11 is 7.83. The van der Waals surface area contributed by atoms with E-state index < -0.39 is 0 Å². The lowest BCUT2D eigenvalue weighted by Crippen LogP contribution is -2.27. The van der Waals surface area contributed by atoms with Crippen LogP contribution in [0.1, 0.15) is 22.2 Å². The van der Waals surface area contributed by atoms with Crippen molar-refractivity contribution in [1.29, 1.82) is 0 Å². The highest BCUT2D eigenvalue weighted by molar-refractivity contribution is 7.11. The summed E-state index contributed by atoms with van der Waals surface area (Å²) in [6, 6.07) is 9.20. The van der Waals surface area contributed by atoms with Gasteiger partial charge >= 0.3 is 0 Å². The molecule has 0 saturated heterocycles. The Morgan fingerprint density at radius 2 is 2.11 bits per heavy atom. The molecule has 0 saturated carbocycles. The first-order valence-corrected chi connectivity index (χ1v) is 7.46. The molecule has 1 unspecified atom stereocenters. The predicted octanol–water partition coefficient (Wildman–Crippen LogP) is 4.57. The lowest BCUT2D eigenvalue weighted by Gasteiger charge is -2.13. The summed E-state index contributed by atoms with van der Waals surface area (Å²) in [7, 11) is 0. The Morgan fingerprint density at radius 1 is 1.32 bits per heavy atom. The number of nitrogens with one attached hydrogen (secondary N) is 1. The second-order valence-electron chi connectivity index (χ2n) is 4.73. The standard InChI is InChI=1S/C15H17ClFNS/c1-10(7-14-6-3-11(2)19-14)18-9-12-4-5-13(17)8-15(12)16/h3-6,8,10,18H,7,9H2,1-2H3. The summed E-state index contributed by atoms with van der Waals surface area (Å²) in [6.45, 7) is 4.92. The van der Waals surface area contributed by atoms with Crippen LogP contribution in [0.5, 0.6) is 0 Å². The van der Waals surface area contributed by atoms with Gasteiger partial charge in [-0.3, -0.25) is 0 Å². The molecule has 0 bridgehead atoms. The Hall–Kier alpha value is -0.900. The van der Waals surface area contributed by atoms with Gasteiger partial charge < -0.3 is 5.32 Å². The molecule has 0 aliphatic heterocycles. The Labute approximate surface area is 122 Å². The Bertz CT molecular complexity index is 553. The highest BCUT2D eigenvalue weighted by Gasteiger charge is 2.07. The maximum absolute atomic E-state index is 12.9. The zero-order chi connectivity index (χ0) is 13.8. The van der Waals surface area contributed by atoms with E-state index in [1.54, 1.807) is 6.07 Å². The first-order chi connectivity index (χ1) is 9.04. The average molecular weight is 298 g/mol. The van der Waals surface area contributed by atoms with E-state index in [9.17, 15) is 4.39 Å². The molecule has 0 radical (unpaired) electrons. The van der Waals surface area contributed by atoms with Gasteiger partial charge in [0, 0.05) is 27.4 Å². The van der Waals surface area contributed by atoms with E-state index in [4.69, 9.17) is 11.6 Å². The van der Waals surface area contributed by atoms with Crippen molar-refractivity contribution in [3.05, 3.63) is 56.5 Å². The van der Waals surface area contributed by atoms with Gasteiger partial charge in [0.2, 0.25) is 0 Å². The lowest BCUT2D eigenvalue weighted by molar-refractivity contribution is 0.548. The minimum absolute atomic E-state index is 0.296. The number of benzene rings is 1. The second-order valence-corrected chi connectivity index (χ2v) is 6.51. The fraction of sp³-hybridized carbons (Fsp3) is 0.333. The van der Waals surface area contributed by atoms with Crippen molar-refractivity contribution in [2.45, 2.75) is 32.9 Å². The van der Waals surface area contributed by atoms with Gasteiger partial charge in [-0.05, 0) is 50.1 Å². The topological polar surface area (TPSA) is 12.0 Å². The van der Waals surface area contributed by atoms with Crippen molar-refractivity contribution in [3.8, 4) is 0 Å². The molecule has 1 nitrogen and oxygen atoms in total. The number of hydrogen-bond donors (Lipinski definition) is 1.